The summed E-state index contributed by atoms with van der Waals surface area (Å²) in [6.45, 7) is 6.76. The molecule has 0 bridgehead atoms. The normalized spacial score (nSPS) is 21.4. The maximum absolute atomic E-state index is 5.86. The lowest BCUT2D eigenvalue weighted by Crippen LogP contribution is -2.21. The topological polar surface area (TPSA) is 12.4 Å². The average Bonchev–Trinajstić information content (AvgIpc) is 2.18. The summed E-state index contributed by atoms with van der Waals surface area (Å²) < 4.78 is 0. The SMILES string of the molecule is CC1=CC(=Nc2ccc(Cl)cc2)CC(C)(C)C1. The molecule has 2 heteroatoms. The van der Waals surface area contributed by atoms with Crippen molar-refractivity contribution in [1.82, 2.24) is 0 Å². The predicted molar refractivity (Wildman–Crippen MR) is 75.3 cm³/mol. The molecule has 0 aliphatic heterocycles. The summed E-state index contributed by atoms with van der Waals surface area (Å²) >= 11 is 5.86. The Balaban J connectivity index is 2.28. The van der Waals surface area contributed by atoms with Gasteiger partial charge in [-0.25, -0.2) is 0 Å². The van der Waals surface area contributed by atoms with Crippen LogP contribution in [-0.2, 0) is 0 Å². The minimum Gasteiger partial charge on any atom is -0.253 e. The maximum Gasteiger partial charge on any atom is 0.0633 e. The molecule has 0 saturated heterocycles. The highest BCUT2D eigenvalue weighted by Gasteiger charge is 2.24. The van der Waals surface area contributed by atoms with E-state index in [1.165, 1.54) is 11.3 Å². The van der Waals surface area contributed by atoms with Gasteiger partial charge in [-0.2, -0.15) is 0 Å². The van der Waals surface area contributed by atoms with Crippen molar-refractivity contribution in [3.05, 3.63) is 40.9 Å². The van der Waals surface area contributed by atoms with Crippen LogP contribution < -0.4 is 0 Å². The molecule has 1 aromatic rings. The molecular weight excluding hydrogens is 230 g/mol. The minimum atomic E-state index is 0.324. The summed E-state index contributed by atoms with van der Waals surface area (Å²) in [7, 11) is 0. The first kappa shape index (κ1) is 12.4. The molecule has 0 N–H and O–H groups in total. The molecule has 0 unspecified atom stereocenters. The Bertz CT molecular complexity index is 466. The highest BCUT2D eigenvalue weighted by Crippen LogP contribution is 2.34. The molecule has 1 aromatic carbocycles. The van der Waals surface area contributed by atoms with Crippen LogP contribution >= 0.6 is 11.6 Å². The van der Waals surface area contributed by atoms with Crippen molar-refractivity contribution < 1.29 is 0 Å². The molecule has 1 nitrogen and oxygen atoms in total. The van der Waals surface area contributed by atoms with Crippen LogP contribution in [0.25, 0.3) is 0 Å². The molecule has 17 heavy (non-hydrogen) atoms. The van der Waals surface area contributed by atoms with Crippen molar-refractivity contribution in [1.29, 1.82) is 0 Å². The number of allylic oxidation sites excluding steroid dienone is 2. The van der Waals surface area contributed by atoms with E-state index in [-0.39, 0.29) is 0 Å². The fourth-order valence-corrected chi connectivity index (χ4v) is 2.57. The number of hydrogen-bond donors (Lipinski definition) is 0. The fourth-order valence-electron chi connectivity index (χ4n) is 2.45. The van der Waals surface area contributed by atoms with Gasteiger partial charge in [-0.15, -0.1) is 0 Å². The quantitative estimate of drug-likeness (QED) is 0.649. The lowest BCUT2D eigenvalue weighted by atomic mass is 9.77. The van der Waals surface area contributed by atoms with Gasteiger partial charge in [-0.05, 0) is 55.5 Å². The van der Waals surface area contributed by atoms with Crippen LogP contribution in [0.15, 0.2) is 40.9 Å². The van der Waals surface area contributed by atoms with Crippen LogP contribution in [0.1, 0.15) is 33.6 Å². The van der Waals surface area contributed by atoms with Gasteiger partial charge in [0.05, 0.1) is 5.69 Å². The second kappa shape index (κ2) is 4.66. The first-order valence-corrected chi connectivity index (χ1v) is 6.33. The van der Waals surface area contributed by atoms with Gasteiger partial charge >= 0.3 is 0 Å². The van der Waals surface area contributed by atoms with Crippen LogP contribution in [-0.4, -0.2) is 5.71 Å². The van der Waals surface area contributed by atoms with E-state index in [9.17, 15) is 0 Å². The van der Waals surface area contributed by atoms with E-state index in [4.69, 9.17) is 11.6 Å². The van der Waals surface area contributed by atoms with Gasteiger partial charge in [0.15, 0.2) is 0 Å². The molecule has 0 saturated carbocycles. The third kappa shape index (κ3) is 3.44. The third-order valence-electron chi connectivity index (χ3n) is 2.93. The molecule has 90 valence electrons. The zero-order valence-corrected chi connectivity index (χ0v) is 11.4. The van der Waals surface area contributed by atoms with Crippen LogP contribution in [0.4, 0.5) is 5.69 Å². The molecule has 0 aromatic heterocycles. The predicted octanol–water partition coefficient (Wildman–Crippen LogP) is 5.18. The molecule has 0 heterocycles. The number of aliphatic imine (C=N–C) groups is 1. The Labute approximate surface area is 108 Å². The summed E-state index contributed by atoms with van der Waals surface area (Å²) in [5, 5.41) is 0.754. The number of halogens is 1. The monoisotopic (exact) mass is 247 g/mol. The maximum atomic E-state index is 5.86. The van der Waals surface area contributed by atoms with E-state index >= 15 is 0 Å². The fraction of sp³-hybridized carbons (Fsp3) is 0.400. The first-order valence-electron chi connectivity index (χ1n) is 5.95. The second-order valence-corrected chi connectivity index (χ2v) is 6.02. The zero-order valence-electron chi connectivity index (χ0n) is 10.6. The largest absolute Gasteiger partial charge is 0.253 e. The summed E-state index contributed by atoms with van der Waals surface area (Å²) in [6.07, 6.45) is 4.40. The van der Waals surface area contributed by atoms with E-state index in [2.05, 4.69) is 31.8 Å². The second-order valence-electron chi connectivity index (χ2n) is 5.59. The van der Waals surface area contributed by atoms with Gasteiger partial charge in [-0.1, -0.05) is 31.0 Å². The van der Waals surface area contributed by atoms with Gasteiger partial charge in [0.2, 0.25) is 0 Å². The van der Waals surface area contributed by atoms with E-state index in [1.54, 1.807) is 0 Å². The van der Waals surface area contributed by atoms with Gasteiger partial charge in [0.1, 0.15) is 0 Å². The lowest BCUT2D eigenvalue weighted by molar-refractivity contribution is 0.373. The van der Waals surface area contributed by atoms with Crippen LogP contribution in [0.3, 0.4) is 0 Å². The Morgan fingerprint density at radius 3 is 2.35 bits per heavy atom. The van der Waals surface area contributed by atoms with E-state index in [1.807, 2.05) is 24.3 Å². The standard InChI is InChI=1S/C15H18ClN/c1-11-8-14(10-15(2,3)9-11)17-13-6-4-12(16)5-7-13/h4-8H,9-10H2,1-3H3. The number of benzene rings is 1. The molecule has 0 atom stereocenters. The van der Waals surface area contributed by atoms with E-state index in [0.717, 1.165) is 23.6 Å². The average molecular weight is 248 g/mol. The molecule has 0 spiro atoms. The van der Waals surface area contributed by atoms with Crippen molar-refractivity contribution >= 4 is 23.0 Å². The summed E-state index contributed by atoms with van der Waals surface area (Å²) in [5.41, 5.74) is 3.88. The van der Waals surface area contributed by atoms with Crippen LogP contribution in [0.2, 0.25) is 5.02 Å². The van der Waals surface area contributed by atoms with Gasteiger partial charge in [-0.3, -0.25) is 4.99 Å². The number of hydrogen-bond acceptors (Lipinski definition) is 1. The Kier molecular flexibility index (Phi) is 3.39. The van der Waals surface area contributed by atoms with E-state index in [0.29, 0.717) is 5.41 Å². The van der Waals surface area contributed by atoms with Crippen molar-refractivity contribution in [2.75, 3.05) is 0 Å². The minimum absolute atomic E-state index is 0.324. The molecule has 1 aliphatic rings. The highest BCUT2D eigenvalue weighted by atomic mass is 35.5. The molecule has 0 amide bonds. The first-order chi connectivity index (χ1) is 7.94. The zero-order chi connectivity index (χ0) is 12.5. The van der Waals surface area contributed by atoms with E-state index < -0.39 is 0 Å². The van der Waals surface area contributed by atoms with Crippen LogP contribution in [0.5, 0.6) is 0 Å². The van der Waals surface area contributed by atoms with Gasteiger partial charge in [0.25, 0.3) is 0 Å². The number of nitrogens with zero attached hydrogens (tertiary/aromatic N) is 1. The summed E-state index contributed by atoms with van der Waals surface area (Å²) in [6, 6.07) is 7.68. The number of rotatable bonds is 1. The summed E-state index contributed by atoms with van der Waals surface area (Å²) in [4.78, 5) is 4.69. The smallest absolute Gasteiger partial charge is 0.0633 e. The van der Waals surface area contributed by atoms with Crippen molar-refractivity contribution in [2.24, 2.45) is 10.4 Å². The van der Waals surface area contributed by atoms with Crippen molar-refractivity contribution in [3.8, 4) is 0 Å². The highest BCUT2D eigenvalue weighted by molar-refractivity contribution is 6.30. The molecule has 1 aliphatic carbocycles. The van der Waals surface area contributed by atoms with Crippen molar-refractivity contribution in [3.63, 3.8) is 0 Å². The molecule has 0 fully saturated rings. The molecule has 2 rings (SSSR count). The molecule has 0 radical (unpaired) electrons. The van der Waals surface area contributed by atoms with Gasteiger partial charge in [0, 0.05) is 10.7 Å². The van der Waals surface area contributed by atoms with Gasteiger partial charge < -0.3 is 0 Å². The van der Waals surface area contributed by atoms with Crippen LogP contribution in [0, 0.1) is 5.41 Å². The summed E-state index contributed by atoms with van der Waals surface area (Å²) in [5.74, 6) is 0. The van der Waals surface area contributed by atoms with Crippen molar-refractivity contribution in [2.45, 2.75) is 33.6 Å². The Hall–Kier alpha value is -1.08. The lowest BCUT2D eigenvalue weighted by Gasteiger charge is -2.29. The Morgan fingerprint density at radius 2 is 1.76 bits per heavy atom. The molecular formula is C15H18ClN. The third-order valence-corrected chi connectivity index (χ3v) is 3.18. The Morgan fingerprint density at radius 1 is 1.12 bits per heavy atom.